The van der Waals surface area contributed by atoms with Gasteiger partial charge >= 0.3 is 0 Å². The summed E-state index contributed by atoms with van der Waals surface area (Å²) >= 11 is 0. The Morgan fingerprint density at radius 1 is 1.54 bits per heavy atom. The molecule has 0 bridgehead atoms. The molecule has 2 N–H and O–H groups in total. The third-order valence-corrected chi connectivity index (χ3v) is 3.04. The highest BCUT2D eigenvalue weighted by atomic mass is 32.2. The first kappa shape index (κ1) is 10.9. The van der Waals surface area contributed by atoms with Gasteiger partial charge in [-0.2, -0.15) is 0 Å². The highest BCUT2D eigenvalue weighted by Gasteiger charge is 2.12. The van der Waals surface area contributed by atoms with Crippen molar-refractivity contribution in [3.63, 3.8) is 0 Å². The predicted molar refractivity (Wildman–Crippen MR) is 53.1 cm³/mol. The van der Waals surface area contributed by atoms with Gasteiger partial charge in [-0.25, -0.2) is 13.1 Å². The van der Waals surface area contributed by atoms with Gasteiger partial charge in [0, 0.05) is 6.54 Å². The minimum atomic E-state index is -3.00. The third-order valence-electron chi connectivity index (χ3n) is 2.32. The summed E-state index contributed by atoms with van der Waals surface area (Å²) in [5.74, 6) is 0.642. The first-order valence-electron chi connectivity index (χ1n) is 4.73. The second-order valence-corrected chi connectivity index (χ2v) is 5.50. The van der Waals surface area contributed by atoms with E-state index < -0.39 is 10.0 Å². The number of piperidine rings is 1. The zero-order valence-corrected chi connectivity index (χ0v) is 8.86. The third kappa shape index (κ3) is 5.23. The van der Waals surface area contributed by atoms with Gasteiger partial charge in [0.25, 0.3) is 0 Å². The maximum atomic E-state index is 10.7. The van der Waals surface area contributed by atoms with Crippen molar-refractivity contribution in [3.05, 3.63) is 0 Å². The lowest BCUT2D eigenvalue weighted by Gasteiger charge is -2.22. The highest BCUT2D eigenvalue weighted by molar-refractivity contribution is 7.88. The lowest BCUT2D eigenvalue weighted by molar-refractivity contribution is 0.358. The number of hydrogen-bond acceptors (Lipinski definition) is 3. The van der Waals surface area contributed by atoms with Crippen molar-refractivity contribution in [2.75, 3.05) is 25.9 Å². The van der Waals surface area contributed by atoms with Crippen molar-refractivity contribution < 1.29 is 8.42 Å². The zero-order chi connectivity index (χ0) is 9.73. The molecule has 1 rings (SSSR count). The van der Waals surface area contributed by atoms with E-state index >= 15 is 0 Å². The van der Waals surface area contributed by atoms with E-state index in [0.717, 1.165) is 19.5 Å². The lowest BCUT2D eigenvalue weighted by Crippen LogP contribution is -2.32. The summed E-state index contributed by atoms with van der Waals surface area (Å²) in [6.07, 6.45) is 4.58. The van der Waals surface area contributed by atoms with Crippen LogP contribution in [0, 0.1) is 5.92 Å². The van der Waals surface area contributed by atoms with E-state index in [-0.39, 0.29) is 0 Å². The van der Waals surface area contributed by atoms with Crippen molar-refractivity contribution >= 4 is 10.0 Å². The van der Waals surface area contributed by atoms with Crippen LogP contribution in [0.1, 0.15) is 19.3 Å². The average Bonchev–Trinajstić information content (AvgIpc) is 2.04. The minimum Gasteiger partial charge on any atom is -0.316 e. The van der Waals surface area contributed by atoms with Gasteiger partial charge in [0.1, 0.15) is 0 Å². The Balaban J connectivity index is 2.11. The molecule has 1 aliphatic rings. The van der Waals surface area contributed by atoms with Crippen molar-refractivity contribution in [1.29, 1.82) is 0 Å². The van der Waals surface area contributed by atoms with E-state index in [1.807, 2.05) is 0 Å². The molecule has 1 atom stereocenters. The smallest absolute Gasteiger partial charge is 0.208 e. The summed E-state index contributed by atoms with van der Waals surface area (Å²) in [5, 5.41) is 3.31. The van der Waals surface area contributed by atoms with Gasteiger partial charge in [0.05, 0.1) is 6.26 Å². The fourth-order valence-electron chi connectivity index (χ4n) is 1.62. The van der Waals surface area contributed by atoms with E-state index in [1.54, 1.807) is 0 Å². The van der Waals surface area contributed by atoms with E-state index in [1.165, 1.54) is 19.1 Å². The molecule has 0 aromatic rings. The maximum Gasteiger partial charge on any atom is 0.208 e. The summed E-state index contributed by atoms with van der Waals surface area (Å²) in [4.78, 5) is 0. The fourth-order valence-corrected chi connectivity index (χ4v) is 2.11. The largest absolute Gasteiger partial charge is 0.316 e. The van der Waals surface area contributed by atoms with Gasteiger partial charge in [-0.05, 0) is 38.3 Å². The Kier molecular flexibility index (Phi) is 4.15. The van der Waals surface area contributed by atoms with Gasteiger partial charge in [-0.15, -0.1) is 0 Å². The van der Waals surface area contributed by atoms with Crippen LogP contribution in [0.25, 0.3) is 0 Å². The molecule has 0 amide bonds. The molecule has 78 valence electrons. The SMILES string of the molecule is CS(=O)(=O)NCC[C@@H]1CCCNC1. The molecule has 0 aliphatic carbocycles. The van der Waals surface area contributed by atoms with E-state index in [9.17, 15) is 8.42 Å². The van der Waals surface area contributed by atoms with Crippen LogP contribution in [-0.4, -0.2) is 34.3 Å². The molecule has 1 heterocycles. The Morgan fingerprint density at radius 3 is 2.85 bits per heavy atom. The van der Waals surface area contributed by atoms with Gasteiger partial charge in [-0.3, -0.25) is 0 Å². The number of sulfonamides is 1. The topological polar surface area (TPSA) is 58.2 Å². The number of hydrogen-bond donors (Lipinski definition) is 2. The van der Waals surface area contributed by atoms with Crippen LogP contribution >= 0.6 is 0 Å². The van der Waals surface area contributed by atoms with Crippen LogP contribution in [0.2, 0.25) is 0 Å². The van der Waals surface area contributed by atoms with Crippen LogP contribution in [0.4, 0.5) is 0 Å². The summed E-state index contributed by atoms with van der Waals surface area (Å²) in [5.41, 5.74) is 0. The standard InChI is InChI=1S/C8H18N2O2S/c1-13(11,12)10-6-4-8-3-2-5-9-7-8/h8-10H,2-7H2,1H3/t8-/m0/s1. The molecule has 0 aromatic heterocycles. The maximum absolute atomic E-state index is 10.7. The number of rotatable bonds is 4. The monoisotopic (exact) mass is 206 g/mol. The summed E-state index contributed by atoms with van der Waals surface area (Å²) in [6, 6.07) is 0. The van der Waals surface area contributed by atoms with Crippen molar-refractivity contribution in [2.45, 2.75) is 19.3 Å². The molecule has 0 radical (unpaired) electrons. The Bertz CT molecular complexity index is 233. The Labute approximate surface area is 80.1 Å². The van der Waals surface area contributed by atoms with E-state index in [4.69, 9.17) is 0 Å². The molecular formula is C8H18N2O2S. The minimum absolute atomic E-state index is 0.575. The van der Waals surface area contributed by atoms with Crippen LogP contribution in [0.5, 0.6) is 0 Å². The lowest BCUT2D eigenvalue weighted by atomic mass is 9.96. The first-order chi connectivity index (χ1) is 6.08. The van der Waals surface area contributed by atoms with Gasteiger partial charge in [0.15, 0.2) is 0 Å². The van der Waals surface area contributed by atoms with E-state index in [2.05, 4.69) is 10.0 Å². The van der Waals surface area contributed by atoms with Crippen LogP contribution < -0.4 is 10.0 Å². The summed E-state index contributed by atoms with van der Waals surface area (Å²) < 4.78 is 24.0. The zero-order valence-electron chi connectivity index (χ0n) is 8.04. The molecule has 1 aliphatic heterocycles. The second-order valence-electron chi connectivity index (χ2n) is 3.67. The van der Waals surface area contributed by atoms with Crippen molar-refractivity contribution in [3.8, 4) is 0 Å². The molecule has 4 nitrogen and oxygen atoms in total. The molecule has 0 aromatic carbocycles. The quantitative estimate of drug-likeness (QED) is 0.677. The average molecular weight is 206 g/mol. The predicted octanol–water partition coefficient (Wildman–Crippen LogP) is -0.0747. The van der Waals surface area contributed by atoms with Gasteiger partial charge in [-0.1, -0.05) is 0 Å². The molecule has 13 heavy (non-hydrogen) atoms. The first-order valence-corrected chi connectivity index (χ1v) is 6.62. The summed E-state index contributed by atoms with van der Waals surface area (Å²) in [6.45, 7) is 2.71. The van der Waals surface area contributed by atoms with Crippen LogP contribution in [-0.2, 0) is 10.0 Å². The second kappa shape index (κ2) is 4.93. The van der Waals surface area contributed by atoms with Crippen LogP contribution in [0.15, 0.2) is 0 Å². The van der Waals surface area contributed by atoms with Crippen molar-refractivity contribution in [2.24, 2.45) is 5.92 Å². The molecule has 1 fully saturated rings. The Hall–Kier alpha value is -0.130. The highest BCUT2D eigenvalue weighted by Crippen LogP contribution is 2.12. The molecule has 0 saturated carbocycles. The molecule has 5 heteroatoms. The summed E-state index contributed by atoms with van der Waals surface area (Å²) in [7, 11) is -3.00. The molecule has 0 spiro atoms. The normalized spacial score (nSPS) is 24.5. The van der Waals surface area contributed by atoms with Gasteiger partial charge < -0.3 is 5.32 Å². The van der Waals surface area contributed by atoms with E-state index in [0.29, 0.717) is 12.5 Å². The molecule has 0 unspecified atom stereocenters. The van der Waals surface area contributed by atoms with Crippen molar-refractivity contribution in [1.82, 2.24) is 10.0 Å². The number of nitrogens with one attached hydrogen (secondary N) is 2. The molecular weight excluding hydrogens is 188 g/mol. The fraction of sp³-hybridized carbons (Fsp3) is 1.00. The van der Waals surface area contributed by atoms with Crippen LogP contribution in [0.3, 0.4) is 0 Å². The van der Waals surface area contributed by atoms with Gasteiger partial charge in [0.2, 0.25) is 10.0 Å². The Morgan fingerprint density at radius 2 is 2.31 bits per heavy atom. The molecule has 1 saturated heterocycles.